The maximum atomic E-state index is 11.3. The Kier molecular flexibility index (Phi) is 3.75. The Morgan fingerprint density at radius 3 is 2.43 bits per heavy atom. The molecule has 1 aliphatic carbocycles. The van der Waals surface area contributed by atoms with E-state index in [1.165, 1.54) is 17.7 Å². The lowest BCUT2D eigenvalue weighted by atomic mass is 9.87. The van der Waals surface area contributed by atoms with Crippen LogP contribution in [-0.2, 0) is 0 Å². The van der Waals surface area contributed by atoms with Gasteiger partial charge in [0, 0.05) is 26.1 Å². The fourth-order valence-corrected chi connectivity index (χ4v) is 1.94. The lowest BCUT2D eigenvalue weighted by Gasteiger charge is -2.27. The zero-order chi connectivity index (χ0) is 10.6. The Labute approximate surface area is 85.3 Å². The van der Waals surface area contributed by atoms with Gasteiger partial charge in [-0.05, 0) is 12.8 Å². The Hall–Kier alpha value is -0.770. The largest absolute Gasteiger partial charge is 0.396 e. The molecule has 14 heavy (non-hydrogen) atoms. The molecule has 2 N–H and O–H groups in total. The first-order valence-corrected chi connectivity index (χ1v) is 5.16. The predicted molar refractivity (Wildman–Crippen MR) is 55.1 cm³/mol. The average molecular weight is 200 g/mol. The molecule has 0 aromatic carbocycles. The van der Waals surface area contributed by atoms with Crippen LogP contribution in [0.3, 0.4) is 0 Å². The third kappa shape index (κ3) is 2.61. The van der Waals surface area contributed by atoms with Gasteiger partial charge in [-0.2, -0.15) is 0 Å². The van der Waals surface area contributed by atoms with Crippen molar-refractivity contribution in [1.29, 1.82) is 0 Å². The van der Waals surface area contributed by atoms with E-state index in [2.05, 4.69) is 5.32 Å². The number of urea groups is 1. The summed E-state index contributed by atoms with van der Waals surface area (Å²) in [4.78, 5) is 12.8. The Morgan fingerprint density at radius 1 is 1.43 bits per heavy atom. The van der Waals surface area contributed by atoms with E-state index in [4.69, 9.17) is 0 Å². The lowest BCUT2D eigenvalue weighted by molar-refractivity contribution is 0.127. The molecule has 0 atom stereocenters. The number of nitrogens with one attached hydrogen (secondary N) is 1. The summed E-state index contributed by atoms with van der Waals surface area (Å²) in [5.74, 6) is 0. The monoisotopic (exact) mass is 200 g/mol. The number of carbonyl (C=O) groups excluding carboxylic acids is 1. The van der Waals surface area contributed by atoms with Crippen LogP contribution in [0.5, 0.6) is 0 Å². The van der Waals surface area contributed by atoms with Gasteiger partial charge in [-0.15, -0.1) is 0 Å². The third-order valence-corrected chi connectivity index (χ3v) is 3.02. The van der Waals surface area contributed by atoms with Gasteiger partial charge in [-0.3, -0.25) is 0 Å². The van der Waals surface area contributed by atoms with Crippen LogP contribution in [0.1, 0.15) is 25.7 Å². The predicted octanol–water partition coefficient (Wildman–Crippen LogP) is 0.810. The first-order valence-electron chi connectivity index (χ1n) is 5.16. The van der Waals surface area contributed by atoms with Gasteiger partial charge in [0.15, 0.2) is 0 Å². The fraction of sp³-hybridized carbons (Fsp3) is 0.900. The second kappa shape index (κ2) is 4.64. The number of aliphatic hydroxyl groups excluding tert-OH is 1. The molecule has 0 bridgehead atoms. The van der Waals surface area contributed by atoms with Crippen LogP contribution in [0, 0.1) is 5.41 Å². The number of aliphatic hydroxyl groups is 1. The van der Waals surface area contributed by atoms with Gasteiger partial charge in [0.05, 0.1) is 6.61 Å². The standard InChI is InChI=1S/C10H20N2O2/c1-12(2)9(14)11-7-10(8-13)5-3-4-6-10/h13H,3-8H2,1-2H3,(H,11,14). The van der Waals surface area contributed by atoms with Crippen molar-refractivity contribution in [3.63, 3.8) is 0 Å². The minimum atomic E-state index is -0.0790. The Bertz CT molecular complexity index is 198. The highest BCUT2D eigenvalue weighted by atomic mass is 16.3. The lowest BCUT2D eigenvalue weighted by Crippen LogP contribution is -2.42. The maximum Gasteiger partial charge on any atom is 0.316 e. The number of amides is 2. The molecule has 0 aromatic heterocycles. The van der Waals surface area contributed by atoms with Gasteiger partial charge in [0.25, 0.3) is 0 Å². The Morgan fingerprint density at radius 2 is 2.00 bits per heavy atom. The van der Waals surface area contributed by atoms with Gasteiger partial charge in [-0.1, -0.05) is 12.8 Å². The van der Waals surface area contributed by atoms with Crippen molar-refractivity contribution >= 4 is 6.03 Å². The third-order valence-electron chi connectivity index (χ3n) is 3.02. The van der Waals surface area contributed by atoms with Crippen LogP contribution in [0.2, 0.25) is 0 Å². The van der Waals surface area contributed by atoms with E-state index in [0.717, 1.165) is 12.8 Å². The molecule has 4 nitrogen and oxygen atoms in total. The second-order valence-electron chi connectivity index (χ2n) is 4.42. The average Bonchev–Trinajstić information content (AvgIpc) is 2.63. The van der Waals surface area contributed by atoms with Gasteiger partial charge < -0.3 is 15.3 Å². The van der Waals surface area contributed by atoms with E-state index in [9.17, 15) is 9.90 Å². The molecular weight excluding hydrogens is 180 g/mol. The van der Waals surface area contributed by atoms with Crippen molar-refractivity contribution in [3.8, 4) is 0 Å². The fourth-order valence-electron chi connectivity index (χ4n) is 1.94. The zero-order valence-corrected chi connectivity index (χ0v) is 9.05. The summed E-state index contributed by atoms with van der Waals surface area (Å²) in [6.45, 7) is 0.779. The van der Waals surface area contributed by atoms with Crippen LogP contribution in [-0.4, -0.2) is 43.3 Å². The van der Waals surface area contributed by atoms with Crippen LogP contribution < -0.4 is 5.32 Å². The molecular formula is C10H20N2O2. The van der Waals surface area contributed by atoms with Crippen molar-refractivity contribution in [2.45, 2.75) is 25.7 Å². The van der Waals surface area contributed by atoms with E-state index in [-0.39, 0.29) is 18.1 Å². The molecule has 1 saturated carbocycles. The molecule has 4 heteroatoms. The molecule has 0 spiro atoms. The number of hydrogen-bond donors (Lipinski definition) is 2. The van der Waals surface area contributed by atoms with Gasteiger partial charge in [0.2, 0.25) is 0 Å². The molecule has 1 rings (SSSR count). The molecule has 0 saturated heterocycles. The number of carbonyl (C=O) groups is 1. The minimum Gasteiger partial charge on any atom is -0.396 e. The highest BCUT2D eigenvalue weighted by molar-refractivity contribution is 5.73. The Balaban J connectivity index is 2.38. The molecule has 2 amide bonds. The van der Waals surface area contributed by atoms with Crippen molar-refractivity contribution in [3.05, 3.63) is 0 Å². The topological polar surface area (TPSA) is 52.6 Å². The summed E-state index contributed by atoms with van der Waals surface area (Å²) in [5.41, 5.74) is -0.0499. The molecule has 0 radical (unpaired) electrons. The quantitative estimate of drug-likeness (QED) is 0.708. The van der Waals surface area contributed by atoms with Crippen molar-refractivity contribution in [1.82, 2.24) is 10.2 Å². The smallest absolute Gasteiger partial charge is 0.316 e. The summed E-state index contributed by atoms with van der Waals surface area (Å²) in [6.07, 6.45) is 4.38. The van der Waals surface area contributed by atoms with E-state index < -0.39 is 0 Å². The minimum absolute atomic E-state index is 0.0499. The summed E-state index contributed by atoms with van der Waals surface area (Å²) >= 11 is 0. The molecule has 1 fully saturated rings. The van der Waals surface area contributed by atoms with Crippen molar-refractivity contribution < 1.29 is 9.90 Å². The van der Waals surface area contributed by atoms with Gasteiger partial charge in [0.1, 0.15) is 0 Å². The van der Waals surface area contributed by atoms with Crippen molar-refractivity contribution in [2.75, 3.05) is 27.2 Å². The van der Waals surface area contributed by atoms with E-state index in [1.54, 1.807) is 14.1 Å². The normalized spacial score (nSPS) is 19.4. The molecule has 0 aliphatic heterocycles. The molecule has 1 aliphatic rings. The van der Waals surface area contributed by atoms with Crippen LogP contribution in [0.4, 0.5) is 4.79 Å². The van der Waals surface area contributed by atoms with Crippen molar-refractivity contribution in [2.24, 2.45) is 5.41 Å². The molecule has 0 heterocycles. The van der Waals surface area contributed by atoms with E-state index >= 15 is 0 Å². The molecule has 0 unspecified atom stereocenters. The van der Waals surface area contributed by atoms with Gasteiger partial charge in [-0.25, -0.2) is 4.79 Å². The first kappa shape index (κ1) is 11.3. The highest BCUT2D eigenvalue weighted by Crippen LogP contribution is 2.36. The van der Waals surface area contributed by atoms with E-state index in [1.807, 2.05) is 0 Å². The number of hydrogen-bond acceptors (Lipinski definition) is 2. The van der Waals surface area contributed by atoms with Crippen LogP contribution in [0.25, 0.3) is 0 Å². The number of rotatable bonds is 3. The highest BCUT2D eigenvalue weighted by Gasteiger charge is 2.33. The second-order valence-corrected chi connectivity index (χ2v) is 4.42. The first-order chi connectivity index (χ1) is 6.59. The van der Waals surface area contributed by atoms with Crippen LogP contribution in [0.15, 0.2) is 0 Å². The SMILES string of the molecule is CN(C)C(=O)NCC1(CO)CCCC1. The van der Waals surface area contributed by atoms with Crippen LogP contribution >= 0.6 is 0 Å². The molecule has 82 valence electrons. The summed E-state index contributed by atoms with van der Waals surface area (Å²) in [5, 5.41) is 12.1. The summed E-state index contributed by atoms with van der Waals surface area (Å²) < 4.78 is 0. The zero-order valence-electron chi connectivity index (χ0n) is 9.05. The summed E-state index contributed by atoms with van der Waals surface area (Å²) in [6, 6.07) is -0.0790. The van der Waals surface area contributed by atoms with E-state index in [0.29, 0.717) is 6.54 Å². The summed E-state index contributed by atoms with van der Waals surface area (Å²) in [7, 11) is 3.44. The van der Waals surface area contributed by atoms with Gasteiger partial charge >= 0.3 is 6.03 Å². The maximum absolute atomic E-state index is 11.3. The molecule has 0 aromatic rings. The number of nitrogens with zero attached hydrogens (tertiary/aromatic N) is 1.